The average molecular weight is 319 g/mol. The first kappa shape index (κ1) is 17.3. The molecule has 0 heterocycles. The van der Waals surface area contributed by atoms with Gasteiger partial charge in [-0.25, -0.2) is 0 Å². The monoisotopic (exact) mass is 319 g/mol. The fraction of sp³-hybridized carbons (Fsp3) is 0.385. The lowest BCUT2D eigenvalue weighted by molar-refractivity contribution is -0.142. The van der Waals surface area contributed by atoms with Crippen LogP contribution >= 0.6 is 11.8 Å². The first-order valence-corrected chi connectivity index (χ1v) is 6.70. The van der Waals surface area contributed by atoms with Crippen molar-refractivity contribution in [2.45, 2.75) is 30.4 Å². The van der Waals surface area contributed by atoms with Crippen LogP contribution in [0.4, 0.5) is 13.2 Å². The number of aliphatic hydroxyl groups excluding tert-OH is 1. The number of alkyl halides is 3. The van der Waals surface area contributed by atoms with Crippen LogP contribution in [0, 0.1) is 11.3 Å². The van der Waals surface area contributed by atoms with Crippen molar-refractivity contribution >= 4 is 17.7 Å². The van der Waals surface area contributed by atoms with Gasteiger partial charge >= 0.3 is 11.5 Å². The van der Waals surface area contributed by atoms with E-state index in [9.17, 15) is 18.0 Å². The molecule has 0 amide bonds. The Labute approximate surface area is 123 Å². The number of halogens is 3. The lowest BCUT2D eigenvalue weighted by atomic mass is 10.0. The van der Waals surface area contributed by atoms with Gasteiger partial charge in [0.2, 0.25) is 0 Å². The van der Waals surface area contributed by atoms with Crippen LogP contribution in [0.3, 0.4) is 0 Å². The predicted octanol–water partition coefficient (Wildman–Crippen LogP) is 2.77. The highest BCUT2D eigenvalue weighted by molar-refractivity contribution is 8.00. The molecule has 0 atom stereocenters. The third-order valence-electron chi connectivity index (χ3n) is 2.43. The number of carbonyl (C=O) groups excluding carboxylic acids is 1. The Morgan fingerprint density at radius 1 is 1.48 bits per heavy atom. The molecule has 0 aliphatic carbocycles. The third kappa shape index (κ3) is 5.28. The van der Waals surface area contributed by atoms with Crippen LogP contribution in [0.2, 0.25) is 0 Å². The Balaban J connectivity index is 3.21. The second kappa shape index (κ2) is 7.33. The van der Waals surface area contributed by atoms with Gasteiger partial charge in [0.05, 0.1) is 31.3 Å². The molecule has 1 N–H and O–H groups in total. The average Bonchev–Trinajstić information content (AvgIpc) is 2.36. The van der Waals surface area contributed by atoms with Crippen LogP contribution in [-0.4, -0.2) is 23.2 Å². The summed E-state index contributed by atoms with van der Waals surface area (Å²) in [6.07, 6.45) is -0.236. The van der Waals surface area contributed by atoms with Crippen LogP contribution in [0.1, 0.15) is 23.6 Å². The van der Waals surface area contributed by atoms with E-state index in [1.54, 1.807) is 13.0 Å². The molecule has 0 bridgehead atoms. The topological polar surface area (TPSA) is 70.3 Å². The van der Waals surface area contributed by atoms with E-state index in [4.69, 9.17) is 15.1 Å². The maximum absolute atomic E-state index is 12.5. The van der Waals surface area contributed by atoms with Crippen molar-refractivity contribution in [3.63, 3.8) is 0 Å². The van der Waals surface area contributed by atoms with Crippen molar-refractivity contribution in [1.82, 2.24) is 0 Å². The molecule has 114 valence electrons. The van der Waals surface area contributed by atoms with Crippen molar-refractivity contribution in [2.75, 3.05) is 6.61 Å². The van der Waals surface area contributed by atoms with Crippen molar-refractivity contribution in [2.24, 2.45) is 0 Å². The van der Waals surface area contributed by atoms with Gasteiger partial charge in [-0.15, -0.1) is 0 Å². The van der Waals surface area contributed by atoms with Crippen molar-refractivity contribution < 1.29 is 27.8 Å². The second-order valence-corrected chi connectivity index (χ2v) is 5.03. The fourth-order valence-corrected chi connectivity index (χ4v) is 2.42. The van der Waals surface area contributed by atoms with Crippen LogP contribution in [0.25, 0.3) is 0 Å². The Kier molecular flexibility index (Phi) is 6.05. The van der Waals surface area contributed by atoms with Crippen molar-refractivity contribution in [1.29, 1.82) is 5.26 Å². The minimum atomic E-state index is -4.56. The summed E-state index contributed by atoms with van der Waals surface area (Å²) in [6, 6.07) is 4.15. The van der Waals surface area contributed by atoms with E-state index in [2.05, 4.69) is 0 Å². The number of rotatable bonds is 5. The lowest BCUT2D eigenvalue weighted by Crippen LogP contribution is -2.09. The van der Waals surface area contributed by atoms with Crippen LogP contribution in [0.5, 0.6) is 0 Å². The van der Waals surface area contributed by atoms with Gasteiger partial charge in [-0.05, 0) is 36.4 Å². The SMILES string of the molecule is CCOC(=O)Cc1cc(C#N)c(CO)c(SC(F)(F)F)c1. The molecule has 21 heavy (non-hydrogen) atoms. The number of hydrogen-bond donors (Lipinski definition) is 1. The summed E-state index contributed by atoms with van der Waals surface area (Å²) in [6.45, 7) is 1.07. The van der Waals surface area contributed by atoms with Crippen LogP contribution in [-0.2, 0) is 22.6 Å². The molecule has 1 rings (SSSR count). The number of ether oxygens (including phenoxy) is 1. The summed E-state index contributed by atoms with van der Waals surface area (Å²) < 4.78 is 42.3. The molecule has 0 fully saturated rings. The fourth-order valence-electron chi connectivity index (χ4n) is 1.66. The molecule has 0 saturated carbocycles. The second-order valence-electron chi connectivity index (χ2n) is 3.92. The number of esters is 1. The van der Waals surface area contributed by atoms with Gasteiger partial charge in [-0.2, -0.15) is 18.4 Å². The molecule has 0 aliphatic heterocycles. The number of nitrogens with zero attached hydrogens (tertiary/aromatic N) is 1. The normalized spacial score (nSPS) is 11.0. The molecule has 0 aliphatic rings. The smallest absolute Gasteiger partial charge is 0.446 e. The predicted molar refractivity (Wildman–Crippen MR) is 69.3 cm³/mol. The molecule has 1 aromatic rings. The number of carbonyl (C=O) groups is 1. The van der Waals surface area contributed by atoms with E-state index in [1.807, 2.05) is 0 Å². The standard InChI is InChI=1S/C13H12F3NO3S/c1-2-20-12(19)5-8-3-9(6-17)10(7-18)11(4-8)21-13(14,15)16/h3-4,18H,2,5,7H2,1H3. The number of benzene rings is 1. The number of aliphatic hydroxyl groups is 1. The summed E-state index contributed by atoms with van der Waals surface area (Å²) in [7, 11) is 0. The summed E-state index contributed by atoms with van der Waals surface area (Å²) in [5.41, 5.74) is -4.52. The highest BCUT2D eigenvalue weighted by Crippen LogP contribution is 2.40. The van der Waals surface area contributed by atoms with Crippen molar-refractivity contribution in [3.05, 3.63) is 28.8 Å². The molecular weight excluding hydrogens is 307 g/mol. The molecule has 0 radical (unpaired) electrons. The summed E-state index contributed by atoms with van der Waals surface area (Å²) in [5, 5.41) is 18.1. The van der Waals surface area contributed by atoms with E-state index in [0.29, 0.717) is 0 Å². The van der Waals surface area contributed by atoms with Gasteiger partial charge in [0.15, 0.2) is 0 Å². The number of thioether (sulfide) groups is 1. The number of nitriles is 1. The first-order chi connectivity index (χ1) is 9.80. The van der Waals surface area contributed by atoms with E-state index >= 15 is 0 Å². The molecular formula is C13H12F3NO3S. The molecule has 0 unspecified atom stereocenters. The summed E-state index contributed by atoms with van der Waals surface area (Å²) >= 11 is -0.427. The maximum Gasteiger partial charge on any atom is 0.446 e. The third-order valence-corrected chi connectivity index (χ3v) is 3.24. The molecule has 4 nitrogen and oxygen atoms in total. The highest BCUT2D eigenvalue weighted by atomic mass is 32.2. The molecule has 0 saturated heterocycles. The van der Waals surface area contributed by atoms with Crippen molar-refractivity contribution in [3.8, 4) is 6.07 Å². The zero-order chi connectivity index (χ0) is 16.0. The molecule has 8 heteroatoms. The molecule has 0 aromatic heterocycles. The van der Waals surface area contributed by atoms with Gasteiger partial charge in [-0.1, -0.05) is 0 Å². The van der Waals surface area contributed by atoms with E-state index in [-0.39, 0.29) is 34.6 Å². The zero-order valence-corrected chi connectivity index (χ0v) is 11.8. The molecule has 1 aromatic carbocycles. The van der Waals surface area contributed by atoms with Crippen LogP contribution in [0.15, 0.2) is 17.0 Å². The van der Waals surface area contributed by atoms with Gasteiger partial charge in [-0.3, -0.25) is 4.79 Å². The summed E-state index contributed by atoms with van der Waals surface area (Å²) in [5.74, 6) is -0.596. The largest absolute Gasteiger partial charge is 0.466 e. The minimum Gasteiger partial charge on any atom is -0.466 e. The van der Waals surface area contributed by atoms with Gasteiger partial charge in [0.25, 0.3) is 0 Å². The van der Waals surface area contributed by atoms with Gasteiger partial charge in [0, 0.05) is 10.5 Å². The summed E-state index contributed by atoms with van der Waals surface area (Å²) in [4.78, 5) is 11.1. The quantitative estimate of drug-likeness (QED) is 0.667. The molecule has 0 spiro atoms. The van der Waals surface area contributed by atoms with Crippen LogP contribution < -0.4 is 0 Å². The Morgan fingerprint density at radius 3 is 2.62 bits per heavy atom. The Morgan fingerprint density at radius 2 is 2.14 bits per heavy atom. The van der Waals surface area contributed by atoms with Gasteiger partial charge < -0.3 is 9.84 Å². The zero-order valence-electron chi connectivity index (χ0n) is 11.0. The Bertz CT molecular complexity index is 567. The maximum atomic E-state index is 12.5. The Hall–Kier alpha value is -1.72. The van der Waals surface area contributed by atoms with Gasteiger partial charge in [0.1, 0.15) is 0 Å². The highest BCUT2D eigenvalue weighted by Gasteiger charge is 2.31. The minimum absolute atomic E-state index is 0.0916. The van der Waals surface area contributed by atoms with E-state index in [0.717, 1.165) is 6.07 Å². The number of hydrogen-bond acceptors (Lipinski definition) is 5. The van der Waals surface area contributed by atoms with E-state index < -0.39 is 29.8 Å². The van der Waals surface area contributed by atoms with E-state index in [1.165, 1.54) is 6.07 Å². The first-order valence-electron chi connectivity index (χ1n) is 5.88. The lowest BCUT2D eigenvalue weighted by Gasteiger charge is -2.13.